The fourth-order valence-electron chi connectivity index (χ4n) is 2.83. The third-order valence-corrected chi connectivity index (χ3v) is 3.79. The molecular formula is C14H21FN2. The van der Waals surface area contributed by atoms with E-state index in [1.54, 1.807) is 6.07 Å². The highest BCUT2D eigenvalue weighted by molar-refractivity contribution is 5.26. The van der Waals surface area contributed by atoms with Gasteiger partial charge in [0.2, 0.25) is 0 Å². The number of aryl methyl sites for hydroxylation is 1. The molecule has 1 aliphatic carbocycles. The molecule has 1 atom stereocenters. The molecule has 1 unspecified atom stereocenters. The second kappa shape index (κ2) is 5.61. The third kappa shape index (κ3) is 2.85. The summed E-state index contributed by atoms with van der Waals surface area (Å²) in [5, 5.41) is 0. The molecule has 0 amide bonds. The third-order valence-electron chi connectivity index (χ3n) is 3.79. The maximum atomic E-state index is 13.9. The zero-order chi connectivity index (χ0) is 12.3. The van der Waals surface area contributed by atoms with Crippen LogP contribution in [0, 0.1) is 18.7 Å². The number of hydrogen-bond acceptors (Lipinski definition) is 2. The summed E-state index contributed by atoms with van der Waals surface area (Å²) >= 11 is 0. The van der Waals surface area contributed by atoms with Crippen LogP contribution in [0.25, 0.3) is 0 Å². The van der Waals surface area contributed by atoms with Gasteiger partial charge in [-0.05, 0) is 37.3 Å². The van der Waals surface area contributed by atoms with E-state index in [9.17, 15) is 4.39 Å². The van der Waals surface area contributed by atoms with E-state index in [1.807, 2.05) is 19.1 Å². The van der Waals surface area contributed by atoms with Crippen molar-refractivity contribution in [2.24, 2.45) is 11.8 Å². The summed E-state index contributed by atoms with van der Waals surface area (Å²) in [5.74, 6) is 5.95. The summed E-state index contributed by atoms with van der Waals surface area (Å²) in [6.45, 7) is 1.90. The highest BCUT2D eigenvalue weighted by Gasteiger charge is 2.26. The van der Waals surface area contributed by atoms with Crippen LogP contribution in [0.2, 0.25) is 0 Å². The molecule has 17 heavy (non-hydrogen) atoms. The van der Waals surface area contributed by atoms with Crippen LogP contribution in [0.15, 0.2) is 18.2 Å². The van der Waals surface area contributed by atoms with Crippen molar-refractivity contribution in [1.82, 2.24) is 5.43 Å². The van der Waals surface area contributed by atoms with Gasteiger partial charge in [0.05, 0.1) is 6.04 Å². The monoisotopic (exact) mass is 236 g/mol. The molecule has 2 rings (SSSR count). The lowest BCUT2D eigenvalue weighted by molar-refractivity contribution is 0.269. The fourth-order valence-corrected chi connectivity index (χ4v) is 2.83. The number of halogens is 1. The molecule has 1 fully saturated rings. The average Bonchev–Trinajstić information content (AvgIpc) is 2.34. The minimum atomic E-state index is -0.140. The van der Waals surface area contributed by atoms with Crippen molar-refractivity contribution < 1.29 is 4.39 Å². The Hall–Kier alpha value is -0.930. The average molecular weight is 236 g/mol. The van der Waals surface area contributed by atoms with Crippen LogP contribution in [0.5, 0.6) is 0 Å². The van der Waals surface area contributed by atoms with Gasteiger partial charge >= 0.3 is 0 Å². The summed E-state index contributed by atoms with van der Waals surface area (Å²) in [4.78, 5) is 0. The number of nitrogens with one attached hydrogen (secondary N) is 1. The first-order chi connectivity index (χ1) is 8.22. The van der Waals surface area contributed by atoms with Gasteiger partial charge in [0.25, 0.3) is 0 Å². The minimum absolute atomic E-state index is 0.0455. The van der Waals surface area contributed by atoms with Gasteiger partial charge in [-0.15, -0.1) is 0 Å². The van der Waals surface area contributed by atoms with Crippen molar-refractivity contribution >= 4 is 0 Å². The van der Waals surface area contributed by atoms with Crippen molar-refractivity contribution in [3.05, 3.63) is 35.1 Å². The molecule has 0 aliphatic heterocycles. The molecule has 1 aromatic carbocycles. The SMILES string of the molecule is Cc1ccc(C(NN)C2CCCCC2)c(F)c1. The molecule has 1 aliphatic rings. The predicted molar refractivity (Wildman–Crippen MR) is 67.8 cm³/mol. The number of hydrazine groups is 1. The molecule has 0 saturated heterocycles. The Bertz CT molecular complexity index is 372. The largest absolute Gasteiger partial charge is 0.271 e. The molecule has 0 spiro atoms. The van der Waals surface area contributed by atoms with Crippen molar-refractivity contribution in [3.63, 3.8) is 0 Å². The Morgan fingerprint density at radius 1 is 1.29 bits per heavy atom. The number of benzene rings is 1. The Balaban J connectivity index is 2.21. The molecule has 1 aromatic rings. The number of hydrogen-bond donors (Lipinski definition) is 2. The molecule has 3 heteroatoms. The van der Waals surface area contributed by atoms with Crippen LogP contribution in [-0.4, -0.2) is 0 Å². The second-order valence-corrected chi connectivity index (χ2v) is 5.07. The van der Waals surface area contributed by atoms with Crippen LogP contribution < -0.4 is 11.3 Å². The van der Waals surface area contributed by atoms with Gasteiger partial charge in [0, 0.05) is 5.56 Å². The highest BCUT2D eigenvalue weighted by Crippen LogP contribution is 2.34. The Morgan fingerprint density at radius 3 is 2.59 bits per heavy atom. The highest BCUT2D eigenvalue weighted by atomic mass is 19.1. The number of rotatable bonds is 3. The molecular weight excluding hydrogens is 215 g/mol. The maximum Gasteiger partial charge on any atom is 0.128 e. The topological polar surface area (TPSA) is 38.0 Å². The lowest BCUT2D eigenvalue weighted by atomic mass is 9.81. The molecule has 2 nitrogen and oxygen atoms in total. The van der Waals surface area contributed by atoms with Gasteiger partial charge in [-0.2, -0.15) is 0 Å². The normalized spacial score (nSPS) is 19.2. The van der Waals surface area contributed by atoms with E-state index in [0.717, 1.165) is 18.4 Å². The predicted octanol–water partition coefficient (Wildman–Crippen LogP) is 3.22. The van der Waals surface area contributed by atoms with Crippen LogP contribution in [0.1, 0.15) is 49.3 Å². The van der Waals surface area contributed by atoms with Crippen LogP contribution in [0.4, 0.5) is 4.39 Å². The molecule has 1 saturated carbocycles. The zero-order valence-electron chi connectivity index (χ0n) is 10.4. The van der Waals surface area contributed by atoms with Crippen LogP contribution in [0.3, 0.4) is 0 Å². The van der Waals surface area contributed by atoms with E-state index >= 15 is 0 Å². The van der Waals surface area contributed by atoms with Crippen molar-refractivity contribution in [1.29, 1.82) is 0 Å². The summed E-state index contributed by atoms with van der Waals surface area (Å²) in [6.07, 6.45) is 6.04. The smallest absolute Gasteiger partial charge is 0.128 e. The fraction of sp³-hybridized carbons (Fsp3) is 0.571. The summed E-state index contributed by atoms with van der Waals surface area (Å²) in [5.41, 5.74) is 4.47. The second-order valence-electron chi connectivity index (χ2n) is 5.07. The van der Waals surface area contributed by atoms with Gasteiger partial charge < -0.3 is 0 Å². The van der Waals surface area contributed by atoms with Crippen molar-refractivity contribution in [2.75, 3.05) is 0 Å². The van der Waals surface area contributed by atoms with E-state index < -0.39 is 0 Å². The molecule has 0 heterocycles. The van der Waals surface area contributed by atoms with Gasteiger partial charge in [-0.1, -0.05) is 31.4 Å². The van der Waals surface area contributed by atoms with Crippen LogP contribution >= 0.6 is 0 Å². The lowest BCUT2D eigenvalue weighted by Gasteiger charge is -2.30. The molecule has 0 bridgehead atoms. The van der Waals surface area contributed by atoms with E-state index in [4.69, 9.17) is 5.84 Å². The summed E-state index contributed by atoms with van der Waals surface area (Å²) in [7, 11) is 0. The Kier molecular flexibility index (Phi) is 4.13. The Morgan fingerprint density at radius 2 is 2.00 bits per heavy atom. The first kappa shape index (κ1) is 12.5. The standard InChI is InChI=1S/C14H21FN2/c1-10-7-8-12(13(15)9-10)14(17-16)11-5-3-2-4-6-11/h7-9,11,14,17H,2-6,16H2,1H3. The van der Waals surface area contributed by atoms with Crippen molar-refractivity contribution in [3.8, 4) is 0 Å². The minimum Gasteiger partial charge on any atom is -0.271 e. The summed E-state index contributed by atoms with van der Waals surface area (Å²) < 4.78 is 13.9. The van der Waals surface area contributed by atoms with Gasteiger partial charge in [-0.25, -0.2) is 4.39 Å². The first-order valence-corrected chi connectivity index (χ1v) is 6.44. The van der Waals surface area contributed by atoms with E-state index in [2.05, 4.69) is 5.43 Å². The van der Waals surface area contributed by atoms with E-state index in [0.29, 0.717) is 11.5 Å². The molecule has 0 aromatic heterocycles. The number of nitrogens with two attached hydrogens (primary N) is 1. The van der Waals surface area contributed by atoms with Gasteiger partial charge in [0.1, 0.15) is 5.82 Å². The van der Waals surface area contributed by atoms with E-state index in [-0.39, 0.29) is 11.9 Å². The van der Waals surface area contributed by atoms with Crippen LogP contribution in [-0.2, 0) is 0 Å². The maximum absolute atomic E-state index is 13.9. The van der Waals surface area contributed by atoms with Gasteiger partial charge in [0.15, 0.2) is 0 Å². The molecule has 94 valence electrons. The summed E-state index contributed by atoms with van der Waals surface area (Å²) in [6, 6.07) is 5.36. The van der Waals surface area contributed by atoms with E-state index in [1.165, 1.54) is 19.3 Å². The lowest BCUT2D eigenvalue weighted by Crippen LogP contribution is -2.35. The first-order valence-electron chi connectivity index (χ1n) is 6.44. The van der Waals surface area contributed by atoms with Gasteiger partial charge in [-0.3, -0.25) is 11.3 Å². The Labute approximate surface area is 102 Å². The molecule has 3 N–H and O–H groups in total. The molecule has 0 radical (unpaired) electrons. The zero-order valence-corrected chi connectivity index (χ0v) is 10.4. The quantitative estimate of drug-likeness (QED) is 0.624. The van der Waals surface area contributed by atoms with Crippen molar-refractivity contribution in [2.45, 2.75) is 45.1 Å².